The molecule has 0 bridgehead atoms. The molecule has 1 N–H and O–H groups in total. The smallest absolute Gasteiger partial charge is 0.255 e. The van der Waals surface area contributed by atoms with E-state index in [2.05, 4.69) is 11.8 Å². The fourth-order valence-electron chi connectivity index (χ4n) is 2.11. The molecule has 1 amide bonds. The summed E-state index contributed by atoms with van der Waals surface area (Å²) in [5, 5.41) is 10.5. The summed E-state index contributed by atoms with van der Waals surface area (Å²) < 4.78 is 5.43. The number of ether oxygens (including phenoxy) is 1. The van der Waals surface area contributed by atoms with Crippen LogP contribution >= 0.6 is 11.3 Å². The maximum atomic E-state index is 12.5. The van der Waals surface area contributed by atoms with Gasteiger partial charge in [-0.15, -0.1) is 11.3 Å². The topological polar surface area (TPSA) is 49.8 Å². The summed E-state index contributed by atoms with van der Waals surface area (Å²) in [5.74, 6) is 5.85. The third kappa shape index (κ3) is 3.40. The maximum absolute atomic E-state index is 12.5. The molecule has 1 aliphatic rings. The van der Waals surface area contributed by atoms with Crippen molar-refractivity contribution < 1.29 is 14.6 Å². The Morgan fingerprint density at radius 2 is 2.40 bits per heavy atom. The van der Waals surface area contributed by atoms with Gasteiger partial charge in [0.05, 0.1) is 35.8 Å². The molecular formula is C15H19NO3S. The number of carbonyl (C=O) groups is 1. The highest BCUT2D eigenvalue weighted by Gasteiger charge is 2.34. The van der Waals surface area contributed by atoms with Crippen molar-refractivity contribution in [3.63, 3.8) is 0 Å². The van der Waals surface area contributed by atoms with E-state index in [0.717, 1.165) is 4.88 Å². The van der Waals surface area contributed by atoms with Crippen LogP contribution in [-0.2, 0) is 4.74 Å². The zero-order valence-corrected chi connectivity index (χ0v) is 12.6. The highest BCUT2D eigenvalue weighted by atomic mass is 32.1. The van der Waals surface area contributed by atoms with Crippen molar-refractivity contribution in [3.05, 3.63) is 21.9 Å². The van der Waals surface area contributed by atoms with Crippen LogP contribution in [0.25, 0.3) is 0 Å². The SMILES string of the molecule is CC1(C)COCCN1C(=O)c1csc(C#CCCO)c1. The van der Waals surface area contributed by atoms with E-state index in [1.165, 1.54) is 11.3 Å². The van der Waals surface area contributed by atoms with E-state index in [9.17, 15) is 4.79 Å². The lowest BCUT2D eigenvalue weighted by molar-refractivity contribution is -0.0370. The van der Waals surface area contributed by atoms with Crippen molar-refractivity contribution in [1.29, 1.82) is 0 Å². The Morgan fingerprint density at radius 1 is 1.60 bits per heavy atom. The molecule has 20 heavy (non-hydrogen) atoms. The lowest BCUT2D eigenvalue weighted by atomic mass is 10.0. The van der Waals surface area contributed by atoms with Gasteiger partial charge >= 0.3 is 0 Å². The normalized spacial score (nSPS) is 17.4. The van der Waals surface area contributed by atoms with Crippen molar-refractivity contribution in [3.8, 4) is 11.8 Å². The van der Waals surface area contributed by atoms with Gasteiger partial charge in [-0.05, 0) is 19.9 Å². The monoisotopic (exact) mass is 293 g/mol. The average Bonchev–Trinajstić information content (AvgIpc) is 2.87. The number of aliphatic hydroxyl groups excluding tert-OH is 1. The van der Waals surface area contributed by atoms with Crippen LogP contribution < -0.4 is 0 Å². The molecule has 4 nitrogen and oxygen atoms in total. The quantitative estimate of drug-likeness (QED) is 0.845. The molecule has 1 saturated heterocycles. The van der Waals surface area contributed by atoms with Crippen LogP contribution in [0.1, 0.15) is 35.5 Å². The zero-order valence-electron chi connectivity index (χ0n) is 11.8. The van der Waals surface area contributed by atoms with E-state index in [4.69, 9.17) is 9.84 Å². The van der Waals surface area contributed by atoms with Gasteiger partial charge in [-0.3, -0.25) is 4.79 Å². The van der Waals surface area contributed by atoms with Crippen LogP contribution in [-0.4, -0.2) is 47.8 Å². The lowest BCUT2D eigenvalue weighted by Crippen LogP contribution is -2.55. The second-order valence-electron chi connectivity index (χ2n) is 5.30. The number of nitrogens with zero attached hydrogens (tertiary/aromatic N) is 1. The molecule has 2 heterocycles. The van der Waals surface area contributed by atoms with Crippen molar-refractivity contribution in [2.45, 2.75) is 25.8 Å². The largest absolute Gasteiger partial charge is 0.395 e. The number of carbonyl (C=O) groups excluding carboxylic acids is 1. The van der Waals surface area contributed by atoms with E-state index in [1.54, 1.807) is 0 Å². The summed E-state index contributed by atoms with van der Waals surface area (Å²) in [6.07, 6.45) is 0.456. The lowest BCUT2D eigenvalue weighted by Gasteiger charge is -2.42. The number of aliphatic hydroxyl groups is 1. The molecule has 0 aromatic carbocycles. The van der Waals surface area contributed by atoms with E-state index >= 15 is 0 Å². The molecule has 5 heteroatoms. The molecule has 108 valence electrons. The minimum atomic E-state index is -0.278. The zero-order chi connectivity index (χ0) is 14.6. The molecule has 1 fully saturated rings. The van der Waals surface area contributed by atoms with E-state index in [-0.39, 0.29) is 18.1 Å². The Bertz CT molecular complexity index is 539. The number of rotatable bonds is 2. The van der Waals surface area contributed by atoms with Crippen molar-refractivity contribution in [2.75, 3.05) is 26.4 Å². The van der Waals surface area contributed by atoms with E-state index in [1.807, 2.05) is 30.2 Å². The van der Waals surface area contributed by atoms with E-state index in [0.29, 0.717) is 31.7 Å². The molecule has 1 aliphatic heterocycles. The number of hydrogen-bond acceptors (Lipinski definition) is 4. The summed E-state index contributed by atoms with van der Waals surface area (Å²) in [7, 11) is 0. The molecule has 0 atom stereocenters. The third-order valence-corrected chi connectivity index (χ3v) is 4.03. The van der Waals surface area contributed by atoms with Crippen LogP contribution in [0, 0.1) is 11.8 Å². The molecule has 0 unspecified atom stereocenters. The first-order valence-corrected chi connectivity index (χ1v) is 7.50. The second kappa shape index (κ2) is 6.40. The first-order chi connectivity index (χ1) is 9.54. The molecule has 0 radical (unpaired) electrons. The fourth-order valence-corrected chi connectivity index (χ4v) is 2.86. The predicted molar refractivity (Wildman–Crippen MR) is 78.8 cm³/mol. The first-order valence-electron chi connectivity index (χ1n) is 6.62. The standard InChI is InChI=1S/C15H19NO3S/c1-15(2)11-19-8-6-16(15)14(18)12-9-13(20-10-12)5-3-4-7-17/h9-10,17H,4,6-8,11H2,1-2H3. The van der Waals surface area contributed by atoms with Gasteiger partial charge in [0.25, 0.3) is 5.91 Å². The van der Waals surface area contributed by atoms with Gasteiger partial charge in [-0.25, -0.2) is 0 Å². The molecule has 1 aromatic rings. The highest BCUT2D eigenvalue weighted by Crippen LogP contribution is 2.23. The Kier molecular flexibility index (Phi) is 4.81. The van der Waals surface area contributed by atoms with Crippen LogP contribution in [0.2, 0.25) is 0 Å². The van der Waals surface area contributed by atoms with Crippen molar-refractivity contribution in [2.24, 2.45) is 0 Å². The Morgan fingerprint density at radius 3 is 3.10 bits per heavy atom. The van der Waals surface area contributed by atoms with Gasteiger partial charge in [0, 0.05) is 18.3 Å². The van der Waals surface area contributed by atoms with Gasteiger partial charge < -0.3 is 14.7 Å². The predicted octanol–water partition coefficient (Wildman–Crippen LogP) is 1.73. The Hall–Kier alpha value is -1.35. The number of amides is 1. The summed E-state index contributed by atoms with van der Waals surface area (Å²) in [4.78, 5) is 15.3. The van der Waals surface area contributed by atoms with Crippen LogP contribution in [0.3, 0.4) is 0 Å². The van der Waals surface area contributed by atoms with Gasteiger partial charge in [-0.2, -0.15) is 0 Å². The molecular weight excluding hydrogens is 274 g/mol. The molecule has 0 saturated carbocycles. The maximum Gasteiger partial charge on any atom is 0.255 e. The summed E-state index contributed by atoms with van der Waals surface area (Å²) in [6.45, 7) is 5.85. The van der Waals surface area contributed by atoms with Crippen LogP contribution in [0.5, 0.6) is 0 Å². The number of thiophene rings is 1. The molecule has 1 aromatic heterocycles. The van der Waals surface area contributed by atoms with Gasteiger partial charge in [0.1, 0.15) is 0 Å². The van der Waals surface area contributed by atoms with E-state index < -0.39 is 0 Å². The molecule has 2 rings (SSSR count). The minimum absolute atomic E-state index is 0.0322. The fraction of sp³-hybridized carbons (Fsp3) is 0.533. The highest BCUT2D eigenvalue weighted by molar-refractivity contribution is 7.10. The van der Waals surface area contributed by atoms with Gasteiger partial charge in [-0.1, -0.05) is 11.8 Å². The first kappa shape index (κ1) is 15.0. The molecule has 0 aliphatic carbocycles. The summed E-state index contributed by atoms with van der Waals surface area (Å²) in [6, 6.07) is 1.82. The van der Waals surface area contributed by atoms with Gasteiger partial charge in [0.2, 0.25) is 0 Å². The minimum Gasteiger partial charge on any atom is -0.395 e. The Labute approximate surface area is 123 Å². The van der Waals surface area contributed by atoms with Crippen molar-refractivity contribution in [1.82, 2.24) is 4.90 Å². The summed E-state index contributed by atoms with van der Waals surface area (Å²) in [5.41, 5.74) is 0.401. The van der Waals surface area contributed by atoms with Crippen molar-refractivity contribution >= 4 is 17.2 Å². The number of morpholine rings is 1. The van der Waals surface area contributed by atoms with Crippen LogP contribution in [0.15, 0.2) is 11.4 Å². The summed E-state index contributed by atoms with van der Waals surface area (Å²) >= 11 is 1.46. The van der Waals surface area contributed by atoms with Gasteiger partial charge in [0.15, 0.2) is 0 Å². The second-order valence-corrected chi connectivity index (χ2v) is 6.21. The van der Waals surface area contributed by atoms with Crippen LogP contribution in [0.4, 0.5) is 0 Å². The number of hydrogen-bond donors (Lipinski definition) is 1. The Balaban J connectivity index is 2.12. The average molecular weight is 293 g/mol. The molecule has 0 spiro atoms. The third-order valence-electron chi connectivity index (χ3n) is 3.19.